The van der Waals surface area contributed by atoms with E-state index >= 15 is 0 Å². The highest BCUT2D eigenvalue weighted by molar-refractivity contribution is 5.44. The molecule has 1 rings (SSSR count). The molecule has 6 heteroatoms. The standard InChI is InChI=1S/C10H12F3NO2/c1-6(16-14)7-4-3-5-8(9(7)15-2)10(11,12)13/h3-6H,14H2,1-2H3. The number of methoxy groups -OCH3 is 1. The first-order chi connectivity index (χ1) is 7.41. The van der Waals surface area contributed by atoms with Crippen LogP contribution in [0.4, 0.5) is 13.2 Å². The molecule has 1 aromatic carbocycles. The van der Waals surface area contributed by atoms with Crippen molar-refractivity contribution < 1.29 is 22.7 Å². The molecule has 0 fully saturated rings. The average Bonchev–Trinajstić information content (AvgIpc) is 2.25. The van der Waals surface area contributed by atoms with Gasteiger partial charge in [-0.1, -0.05) is 12.1 Å². The van der Waals surface area contributed by atoms with E-state index in [-0.39, 0.29) is 11.3 Å². The fourth-order valence-electron chi connectivity index (χ4n) is 1.40. The summed E-state index contributed by atoms with van der Waals surface area (Å²) in [6, 6.07) is 3.72. The van der Waals surface area contributed by atoms with Crippen LogP contribution in [0, 0.1) is 0 Å². The molecule has 0 aliphatic heterocycles. The average molecular weight is 235 g/mol. The Morgan fingerprint density at radius 2 is 1.94 bits per heavy atom. The van der Waals surface area contributed by atoms with E-state index in [0.29, 0.717) is 0 Å². The number of nitrogens with two attached hydrogens (primary N) is 1. The van der Waals surface area contributed by atoms with E-state index in [0.717, 1.165) is 6.07 Å². The van der Waals surface area contributed by atoms with Crippen LogP contribution in [0.3, 0.4) is 0 Å². The SMILES string of the molecule is COc1c(C(C)ON)cccc1C(F)(F)F. The van der Waals surface area contributed by atoms with Gasteiger partial charge >= 0.3 is 6.18 Å². The molecule has 0 aliphatic carbocycles. The van der Waals surface area contributed by atoms with Gasteiger partial charge in [0.2, 0.25) is 0 Å². The zero-order valence-corrected chi connectivity index (χ0v) is 8.84. The Bertz CT molecular complexity index is 366. The molecule has 0 radical (unpaired) electrons. The van der Waals surface area contributed by atoms with Crippen molar-refractivity contribution in [3.63, 3.8) is 0 Å². The Labute approximate surface area is 90.9 Å². The predicted molar refractivity (Wildman–Crippen MR) is 51.7 cm³/mol. The van der Waals surface area contributed by atoms with Gasteiger partial charge < -0.3 is 4.74 Å². The number of halogens is 3. The van der Waals surface area contributed by atoms with E-state index in [1.165, 1.54) is 26.2 Å². The van der Waals surface area contributed by atoms with Gasteiger partial charge in [0.1, 0.15) is 11.9 Å². The van der Waals surface area contributed by atoms with Crippen molar-refractivity contribution in [1.29, 1.82) is 0 Å². The van der Waals surface area contributed by atoms with Crippen LogP contribution in [0.2, 0.25) is 0 Å². The molecular formula is C10H12F3NO2. The van der Waals surface area contributed by atoms with Gasteiger partial charge in [-0.05, 0) is 13.0 Å². The summed E-state index contributed by atoms with van der Waals surface area (Å²) in [4.78, 5) is 4.50. The zero-order chi connectivity index (χ0) is 12.3. The number of hydrogen-bond donors (Lipinski definition) is 1. The summed E-state index contributed by atoms with van der Waals surface area (Å²) in [7, 11) is 1.18. The number of rotatable bonds is 3. The normalized spacial score (nSPS) is 13.6. The van der Waals surface area contributed by atoms with Crippen molar-refractivity contribution in [2.45, 2.75) is 19.2 Å². The molecule has 3 nitrogen and oxygen atoms in total. The van der Waals surface area contributed by atoms with Crippen molar-refractivity contribution in [3.8, 4) is 5.75 Å². The maximum atomic E-state index is 12.6. The van der Waals surface area contributed by atoms with E-state index in [2.05, 4.69) is 4.84 Å². The van der Waals surface area contributed by atoms with Gasteiger partial charge in [-0.15, -0.1) is 0 Å². The van der Waals surface area contributed by atoms with Crippen molar-refractivity contribution in [1.82, 2.24) is 0 Å². The van der Waals surface area contributed by atoms with Crippen molar-refractivity contribution in [3.05, 3.63) is 29.3 Å². The maximum Gasteiger partial charge on any atom is 0.419 e. The van der Waals surface area contributed by atoms with Crippen LogP contribution >= 0.6 is 0 Å². The predicted octanol–water partition coefficient (Wildman–Crippen LogP) is 2.67. The van der Waals surface area contributed by atoms with E-state index < -0.39 is 17.8 Å². The molecule has 0 spiro atoms. The third kappa shape index (κ3) is 2.45. The lowest BCUT2D eigenvalue weighted by Crippen LogP contribution is -2.12. The van der Waals surface area contributed by atoms with Gasteiger partial charge in [0, 0.05) is 5.56 Å². The van der Waals surface area contributed by atoms with Crippen molar-refractivity contribution in [2.75, 3.05) is 7.11 Å². The number of para-hydroxylation sites is 1. The molecule has 1 aromatic rings. The molecule has 1 unspecified atom stereocenters. The lowest BCUT2D eigenvalue weighted by Gasteiger charge is -2.18. The number of ether oxygens (including phenoxy) is 1. The first-order valence-electron chi connectivity index (χ1n) is 4.51. The zero-order valence-electron chi connectivity index (χ0n) is 8.84. The lowest BCUT2D eigenvalue weighted by molar-refractivity contribution is -0.138. The Morgan fingerprint density at radius 3 is 2.38 bits per heavy atom. The summed E-state index contributed by atoms with van der Waals surface area (Å²) in [5.74, 6) is 4.69. The Morgan fingerprint density at radius 1 is 1.31 bits per heavy atom. The molecular weight excluding hydrogens is 223 g/mol. The largest absolute Gasteiger partial charge is 0.496 e. The molecule has 0 heterocycles. The molecule has 2 N–H and O–H groups in total. The third-order valence-electron chi connectivity index (χ3n) is 2.20. The summed E-state index contributed by atoms with van der Waals surface area (Å²) in [5.41, 5.74) is -0.573. The topological polar surface area (TPSA) is 44.5 Å². The van der Waals surface area contributed by atoms with Gasteiger partial charge in [-0.3, -0.25) is 4.84 Å². The number of alkyl halides is 3. The number of hydrogen-bond acceptors (Lipinski definition) is 3. The molecule has 0 aromatic heterocycles. The van der Waals surface area contributed by atoms with Crippen LogP contribution in [0.25, 0.3) is 0 Å². The van der Waals surface area contributed by atoms with E-state index in [9.17, 15) is 13.2 Å². The summed E-state index contributed by atoms with van der Waals surface area (Å²) < 4.78 is 42.7. The van der Waals surface area contributed by atoms with Crippen LogP contribution in [-0.2, 0) is 11.0 Å². The summed E-state index contributed by atoms with van der Waals surface area (Å²) in [6.07, 6.45) is -5.13. The highest BCUT2D eigenvalue weighted by atomic mass is 19.4. The lowest BCUT2D eigenvalue weighted by atomic mass is 10.0. The molecule has 0 bridgehead atoms. The monoisotopic (exact) mass is 235 g/mol. The Hall–Kier alpha value is -1.27. The van der Waals surface area contributed by atoms with E-state index in [1.54, 1.807) is 0 Å². The molecule has 90 valence electrons. The highest BCUT2D eigenvalue weighted by Gasteiger charge is 2.35. The van der Waals surface area contributed by atoms with Gasteiger partial charge in [0.25, 0.3) is 0 Å². The van der Waals surface area contributed by atoms with Crippen molar-refractivity contribution in [2.24, 2.45) is 5.90 Å². The first kappa shape index (κ1) is 12.8. The molecule has 16 heavy (non-hydrogen) atoms. The van der Waals surface area contributed by atoms with Gasteiger partial charge in [0.05, 0.1) is 12.7 Å². The van der Waals surface area contributed by atoms with Crippen LogP contribution in [0.1, 0.15) is 24.2 Å². The smallest absolute Gasteiger partial charge is 0.419 e. The Balaban J connectivity index is 3.32. The van der Waals surface area contributed by atoms with E-state index in [4.69, 9.17) is 10.6 Å². The number of benzene rings is 1. The minimum Gasteiger partial charge on any atom is -0.496 e. The minimum absolute atomic E-state index is 0.257. The molecule has 0 saturated heterocycles. The maximum absolute atomic E-state index is 12.6. The second-order valence-electron chi connectivity index (χ2n) is 3.20. The summed E-state index contributed by atoms with van der Waals surface area (Å²) in [5, 5.41) is 0. The second kappa shape index (κ2) is 4.71. The fourth-order valence-corrected chi connectivity index (χ4v) is 1.40. The van der Waals surface area contributed by atoms with Gasteiger partial charge in [0.15, 0.2) is 0 Å². The van der Waals surface area contributed by atoms with Crippen LogP contribution < -0.4 is 10.6 Å². The van der Waals surface area contributed by atoms with Gasteiger partial charge in [-0.25, -0.2) is 5.90 Å². The van der Waals surface area contributed by atoms with E-state index in [1.807, 2.05) is 0 Å². The van der Waals surface area contributed by atoms with Crippen LogP contribution in [0.15, 0.2) is 18.2 Å². The third-order valence-corrected chi connectivity index (χ3v) is 2.20. The summed E-state index contributed by atoms with van der Waals surface area (Å²) in [6.45, 7) is 1.54. The first-order valence-corrected chi connectivity index (χ1v) is 4.51. The van der Waals surface area contributed by atoms with Crippen LogP contribution in [-0.4, -0.2) is 7.11 Å². The molecule has 0 amide bonds. The summed E-state index contributed by atoms with van der Waals surface area (Å²) >= 11 is 0. The van der Waals surface area contributed by atoms with Crippen LogP contribution in [0.5, 0.6) is 5.75 Å². The Kier molecular flexibility index (Phi) is 3.77. The molecule has 1 atom stereocenters. The highest BCUT2D eigenvalue weighted by Crippen LogP contribution is 2.40. The quantitative estimate of drug-likeness (QED) is 0.819. The minimum atomic E-state index is -4.46. The van der Waals surface area contributed by atoms with Crippen molar-refractivity contribution >= 4 is 0 Å². The molecule has 0 saturated carbocycles. The fraction of sp³-hybridized carbons (Fsp3) is 0.400. The van der Waals surface area contributed by atoms with Gasteiger partial charge in [-0.2, -0.15) is 13.2 Å². The second-order valence-corrected chi connectivity index (χ2v) is 3.20. The molecule has 0 aliphatic rings.